The Morgan fingerprint density at radius 1 is 1.00 bits per heavy atom. The quantitative estimate of drug-likeness (QED) is 0.511. The zero-order valence-electron chi connectivity index (χ0n) is 20.2. The molecule has 0 spiro atoms. The van der Waals surface area contributed by atoms with Crippen LogP contribution in [-0.2, 0) is 11.3 Å². The molecule has 2 saturated carbocycles. The van der Waals surface area contributed by atoms with Crippen LogP contribution in [0, 0.1) is 17.3 Å². The van der Waals surface area contributed by atoms with Crippen LogP contribution in [0.5, 0.6) is 5.75 Å². The fourth-order valence-corrected chi connectivity index (χ4v) is 5.20. The van der Waals surface area contributed by atoms with Crippen molar-refractivity contribution in [3.05, 3.63) is 54.1 Å². The number of carbonyl (C=O) groups is 1. The number of carboxylic acid groups (broad SMARTS) is 1. The molecular weight excluding hydrogens is 410 g/mol. The van der Waals surface area contributed by atoms with Gasteiger partial charge in [-0.3, -0.25) is 9.79 Å². The molecule has 176 valence electrons. The second-order valence-electron chi connectivity index (χ2n) is 10.8. The molecule has 2 aromatic rings. The Labute approximate surface area is 198 Å². The Morgan fingerprint density at radius 2 is 1.73 bits per heavy atom. The molecule has 0 heterocycles. The summed E-state index contributed by atoms with van der Waals surface area (Å²) in [7, 11) is 0. The molecule has 1 N–H and O–H groups in total. The predicted octanol–water partition coefficient (Wildman–Crippen LogP) is 7.16. The van der Waals surface area contributed by atoms with Gasteiger partial charge in [0.05, 0.1) is 18.6 Å². The first kappa shape index (κ1) is 23.5. The Bertz CT molecular complexity index is 979. The lowest BCUT2D eigenvalue weighted by Gasteiger charge is -2.36. The maximum atomic E-state index is 11.1. The topological polar surface area (TPSA) is 58.9 Å². The highest BCUT2D eigenvalue weighted by Gasteiger charge is 2.30. The SMILES string of the molecule is CC(C)(C)C1CCC(Oc2ccc(-c3cccc(CN=C4CC[C@@H](C(=O)O)C4)c3)cc2)CC1. The summed E-state index contributed by atoms with van der Waals surface area (Å²) in [6, 6.07) is 16.9. The molecule has 0 aromatic heterocycles. The average molecular weight is 448 g/mol. The molecule has 4 rings (SSSR count). The van der Waals surface area contributed by atoms with E-state index in [0.29, 0.717) is 30.9 Å². The third-order valence-corrected chi connectivity index (χ3v) is 7.41. The van der Waals surface area contributed by atoms with E-state index in [1.807, 2.05) is 0 Å². The first-order valence-corrected chi connectivity index (χ1v) is 12.4. The Balaban J connectivity index is 1.33. The molecule has 2 aliphatic carbocycles. The van der Waals surface area contributed by atoms with Crippen LogP contribution in [0.1, 0.15) is 71.3 Å². The number of hydrogen-bond donors (Lipinski definition) is 1. The predicted molar refractivity (Wildman–Crippen MR) is 134 cm³/mol. The number of ether oxygens (including phenoxy) is 1. The van der Waals surface area contributed by atoms with Crippen LogP contribution in [0.3, 0.4) is 0 Å². The van der Waals surface area contributed by atoms with Crippen molar-refractivity contribution in [1.82, 2.24) is 0 Å². The second kappa shape index (κ2) is 10.1. The van der Waals surface area contributed by atoms with Crippen LogP contribution in [0.25, 0.3) is 11.1 Å². The van der Waals surface area contributed by atoms with Gasteiger partial charge in [-0.25, -0.2) is 0 Å². The van der Waals surface area contributed by atoms with E-state index in [1.54, 1.807) is 0 Å². The lowest BCUT2D eigenvalue weighted by Crippen LogP contribution is -2.30. The van der Waals surface area contributed by atoms with E-state index in [0.717, 1.165) is 42.2 Å². The van der Waals surface area contributed by atoms with Gasteiger partial charge in [-0.2, -0.15) is 0 Å². The molecule has 2 aliphatic rings. The van der Waals surface area contributed by atoms with Crippen LogP contribution in [0.2, 0.25) is 0 Å². The van der Waals surface area contributed by atoms with Gasteiger partial charge >= 0.3 is 5.97 Å². The summed E-state index contributed by atoms with van der Waals surface area (Å²) in [5, 5.41) is 9.17. The van der Waals surface area contributed by atoms with E-state index in [-0.39, 0.29) is 5.92 Å². The number of hydrogen-bond acceptors (Lipinski definition) is 3. The van der Waals surface area contributed by atoms with Crippen molar-refractivity contribution in [1.29, 1.82) is 0 Å². The first-order valence-electron chi connectivity index (χ1n) is 12.4. The van der Waals surface area contributed by atoms with Gasteiger partial charge in [0, 0.05) is 5.71 Å². The van der Waals surface area contributed by atoms with Crippen LogP contribution in [0.4, 0.5) is 0 Å². The molecule has 33 heavy (non-hydrogen) atoms. The van der Waals surface area contributed by atoms with Crippen molar-refractivity contribution in [2.24, 2.45) is 22.2 Å². The normalized spacial score (nSPS) is 24.7. The van der Waals surface area contributed by atoms with Gasteiger partial charge in [0.15, 0.2) is 0 Å². The Morgan fingerprint density at radius 3 is 2.36 bits per heavy atom. The van der Waals surface area contributed by atoms with Crippen molar-refractivity contribution in [3.8, 4) is 16.9 Å². The highest BCUT2D eigenvalue weighted by Crippen LogP contribution is 2.39. The third-order valence-electron chi connectivity index (χ3n) is 7.41. The van der Waals surface area contributed by atoms with Crippen LogP contribution >= 0.6 is 0 Å². The van der Waals surface area contributed by atoms with Crippen molar-refractivity contribution in [2.75, 3.05) is 0 Å². The standard InChI is InChI=1S/C29H37NO3/c1-29(2,3)24-10-15-27(16-11-24)33-26-13-8-21(9-14-26)22-6-4-5-20(17-22)19-30-25-12-7-23(18-25)28(31)32/h4-6,8-9,13-14,17,23-24,27H,7,10-12,15-16,18-19H2,1-3H3,(H,31,32)/t23-,24?,27?/m1/s1. The van der Waals surface area contributed by atoms with Gasteiger partial charge in [0.1, 0.15) is 5.75 Å². The van der Waals surface area contributed by atoms with Gasteiger partial charge in [-0.1, -0.05) is 51.1 Å². The van der Waals surface area contributed by atoms with Crippen LogP contribution in [-0.4, -0.2) is 22.9 Å². The molecule has 0 aliphatic heterocycles. The lowest BCUT2D eigenvalue weighted by molar-refractivity contribution is -0.141. The van der Waals surface area contributed by atoms with Crippen molar-refractivity contribution < 1.29 is 14.6 Å². The molecule has 2 fully saturated rings. The first-order chi connectivity index (χ1) is 15.8. The minimum atomic E-state index is -0.702. The van der Waals surface area contributed by atoms with E-state index in [1.165, 1.54) is 24.0 Å². The molecule has 0 radical (unpaired) electrons. The van der Waals surface area contributed by atoms with Crippen molar-refractivity contribution in [2.45, 2.75) is 78.4 Å². The largest absolute Gasteiger partial charge is 0.490 e. The average Bonchev–Trinajstić information content (AvgIpc) is 3.28. The molecule has 1 atom stereocenters. The van der Waals surface area contributed by atoms with E-state index in [4.69, 9.17) is 14.8 Å². The minimum absolute atomic E-state index is 0.260. The maximum Gasteiger partial charge on any atom is 0.306 e. The van der Waals surface area contributed by atoms with E-state index in [9.17, 15) is 4.79 Å². The molecule has 4 nitrogen and oxygen atoms in total. The van der Waals surface area contributed by atoms with Gasteiger partial charge in [-0.15, -0.1) is 0 Å². The molecule has 0 unspecified atom stereocenters. The zero-order chi connectivity index (χ0) is 23.4. The Hall–Kier alpha value is -2.62. The molecule has 0 bridgehead atoms. The maximum absolute atomic E-state index is 11.1. The molecule has 2 aromatic carbocycles. The smallest absolute Gasteiger partial charge is 0.306 e. The van der Waals surface area contributed by atoms with Gasteiger partial charge < -0.3 is 9.84 Å². The summed E-state index contributed by atoms with van der Waals surface area (Å²) < 4.78 is 6.29. The fraction of sp³-hybridized carbons (Fsp3) is 0.517. The minimum Gasteiger partial charge on any atom is -0.490 e. The third kappa shape index (κ3) is 6.25. The van der Waals surface area contributed by atoms with E-state index >= 15 is 0 Å². The lowest BCUT2D eigenvalue weighted by atomic mass is 9.72. The zero-order valence-corrected chi connectivity index (χ0v) is 20.2. The highest BCUT2D eigenvalue weighted by atomic mass is 16.5. The monoisotopic (exact) mass is 447 g/mol. The van der Waals surface area contributed by atoms with E-state index < -0.39 is 5.97 Å². The molecule has 4 heteroatoms. The van der Waals surface area contributed by atoms with Gasteiger partial charge in [0.25, 0.3) is 0 Å². The van der Waals surface area contributed by atoms with Gasteiger partial charge in [-0.05, 0) is 91.2 Å². The summed E-state index contributed by atoms with van der Waals surface area (Å²) in [4.78, 5) is 15.8. The number of benzene rings is 2. The van der Waals surface area contributed by atoms with E-state index in [2.05, 4.69) is 69.3 Å². The van der Waals surface area contributed by atoms with Crippen LogP contribution < -0.4 is 4.74 Å². The highest BCUT2D eigenvalue weighted by molar-refractivity contribution is 5.91. The summed E-state index contributed by atoms with van der Waals surface area (Å²) in [5.74, 6) is 0.788. The number of rotatable bonds is 6. The second-order valence-corrected chi connectivity index (χ2v) is 10.8. The number of aliphatic imine (C=N–C) groups is 1. The number of carboxylic acids is 1. The summed E-state index contributed by atoms with van der Waals surface area (Å²) >= 11 is 0. The Kier molecular flexibility index (Phi) is 7.21. The van der Waals surface area contributed by atoms with Crippen molar-refractivity contribution in [3.63, 3.8) is 0 Å². The number of aliphatic carboxylic acids is 1. The number of nitrogens with zero attached hydrogens (tertiary/aromatic N) is 1. The summed E-state index contributed by atoms with van der Waals surface area (Å²) in [6.07, 6.45) is 7.21. The van der Waals surface area contributed by atoms with Gasteiger partial charge in [0.2, 0.25) is 0 Å². The van der Waals surface area contributed by atoms with Crippen LogP contribution in [0.15, 0.2) is 53.5 Å². The molecular formula is C29H37NO3. The summed E-state index contributed by atoms with van der Waals surface area (Å²) in [5.41, 5.74) is 4.91. The summed E-state index contributed by atoms with van der Waals surface area (Å²) in [6.45, 7) is 7.66. The fourth-order valence-electron chi connectivity index (χ4n) is 5.20. The molecule has 0 amide bonds. The molecule has 0 saturated heterocycles. The van der Waals surface area contributed by atoms with Crippen molar-refractivity contribution >= 4 is 11.7 Å².